The zero-order valence-corrected chi connectivity index (χ0v) is 12.6. The highest BCUT2D eigenvalue weighted by molar-refractivity contribution is 5.90. The molecule has 18 heavy (non-hydrogen) atoms. The fraction of sp³-hybridized carbons (Fsp3) is 0.846. The monoisotopic (exact) mass is 257 g/mol. The van der Waals surface area contributed by atoms with Crippen molar-refractivity contribution in [1.29, 1.82) is 0 Å². The van der Waals surface area contributed by atoms with Crippen molar-refractivity contribution < 1.29 is 9.59 Å². The average Bonchev–Trinajstić information content (AvgIpc) is 2.24. The lowest BCUT2D eigenvalue weighted by Crippen LogP contribution is -2.58. The second-order valence-electron chi connectivity index (χ2n) is 5.89. The van der Waals surface area contributed by atoms with Gasteiger partial charge in [-0.3, -0.25) is 9.59 Å². The fourth-order valence-electron chi connectivity index (χ4n) is 1.22. The van der Waals surface area contributed by atoms with E-state index in [9.17, 15) is 9.59 Å². The Bertz CT molecular complexity index is 319. The van der Waals surface area contributed by atoms with Crippen molar-refractivity contribution in [3.63, 3.8) is 0 Å². The van der Waals surface area contributed by atoms with Crippen molar-refractivity contribution >= 4 is 11.8 Å². The topological polar surface area (TPSA) is 75.4 Å². The predicted octanol–water partition coefficient (Wildman–Crippen LogP) is 0.733. The molecule has 2 amide bonds. The van der Waals surface area contributed by atoms with Gasteiger partial charge in [-0.15, -0.1) is 0 Å². The largest absolute Gasteiger partial charge is 0.344 e. The summed E-state index contributed by atoms with van der Waals surface area (Å²) in [6.45, 7) is 11.4. The molecule has 5 nitrogen and oxygen atoms in total. The Morgan fingerprint density at radius 1 is 1.28 bits per heavy atom. The van der Waals surface area contributed by atoms with E-state index >= 15 is 0 Å². The number of nitrogens with zero attached hydrogens (tertiary/aromatic N) is 1. The number of carbonyl (C=O) groups is 2. The van der Waals surface area contributed by atoms with Gasteiger partial charge in [0.05, 0.1) is 5.41 Å². The van der Waals surface area contributed by atoms with Crippen LogP contribution in [0.4, 0.5) is 0 Å². The summed E-state index contributed by atoms with van der Waals surface area (Å²) in [5, 5.41) is 2.73. The third kappa shape index (κ3) is 3.70. The molecule has 0 aromatic rings. The maximum Gasteiger partial charge on any atom is 0.244 e. The number of nitrogens with two attached hydrogens (primary N) is 1. The molecule has 0 fully saturated rings. The summed E-state index contributed by atoms with van der Waals surface area (Å²) in [5.74, 6) is -0.308. The molecule has 0 rings (SSSR count). The number of rotatable bonds is 5. The van der Waals surface area contributed by atoms with Crippen LogP contribution in [0.25, 0.3) is 0 Å². The summed E-state index contributed by atoms with van der Waals surface area (Å²) in [6.07, 6.45) is 0. The molecule has 0 radical (unpaired) electrons. The van der Waals surface area contributed by atoms with Crippen LogP contribution in [-0.2, 0) is 9.59 Å². The molecule has 0 saturated carbocycles. The van der Waals surface area contributed by atoms with E-state index in [1.165, 1.54) is 0 Å². The molecule has 0 saturated heterocycles. The molecule has 1 atom stereocenters. The molecule has 1 unspecified atom stereocenters. The van der Waals surface area contributed by atoms with Gasteiger partial charge < -0.3 is 16.0 Å². The van der Waals surface area contributed by atoms with Crippen LogP contribution < -0.4 is 11.1 Å². The molecule has 0 aromatic carbocycles. The summed E-state index contributed by atoms with van der Waals surface area (Å²) >= 11 is 0. The van der Waals surface area contributed by atoms with Crippen molar-refractivity contribution in [3.05, 3.63) is 0 Å². The average molecular weight is 257 g/mol. The molecule has 0 heterocycles. The van der Waals surface area contributed by atoms with E-state index in [0.717, 1.165) is 0 Å². The number of amides is 2. The van der Waals surface area contributed by atoms with Crippen molar-refractivity contribution in [2.75, 3.05) is 13.6 Å². The summed E-state index contributed by atoms with van der Waals surface area (Å²) in [7, 11) is 1.71. The van der Waals surface area contributed by atoms with Crippen LogP contribution in [0.15, 0.2) is 0 Å². The molecule has 0 spiro atoms. The number of likely N-dealkylation sites (N-methyl/N-ethyl adjacent to an activating group) is 1. The van der Waals surface area contributed by atoms with Gasteiger partial charge in [-0.05, 0) is 41.5 Å². The molecule has 0 bridgehead atoms. The van der Waals surface area contributed by atoms with Gasteiger partial charge >= 0.3 is 0 Å². The summed E-state index contributed by atoms with van der Waals surface area (Å²) in [6, 6.07) is -0.538. The Morgan fingerprint density at radius 3 is 2.06 bits per heavy atom. The van der Waals surface area contributed by atoms with Crippen LogP contribution in [0, 0.1) is 5.41 Å². The smallest absolute Gasteiger partial charge is 0.244 e. The summed E-state index contributed by atoms with van der Waals surface area (Å²) in [5.41, 5.74) is 4.60. The van der Waals surface area contributed by atoms with Crippen LogP contribution in [0.3, 0.4) is 0 Å². The third-order valence-electron chi connectivity index (χ3n) is 3.75. The minimum absolute atomic E-state index is 0.100. The quantitative estimate of drug-likeness (QED) is 0.762. The normalized spacial score (nSPS) is 14.0. The molecule has 5 heteroatoms. The van der Waals surface area contributed by atoms with E-state index in [1.807, 2.05) is 6.92 Å². The lowest BCUT2D eigenvalue weighted by Gasteiger charge is -2.37. The van der Waals surface area contributed by atoms with E-state index < -0.39 is 17.0 Å². The van der Waals surface area contributed by atoms with Gasteiger partial charge in [-0.2, -0.15) is 0 Å². The Kier molecular flexibility index (Phi) is 5.35. The standard InChI is InChI=1S/C13H27N3O2/c1-8-16(7)10(17)9(2)15-11(18)12(3,4)13(5,6)14/h9H,8,14H2,1-7H3,(H,15,18). The summed E-state index contributed by atoms with van der Waals surface area (Å²) in [4.78, 5) is 25.6. The van der Waals surface area contributed by atoms with E-state index in [1.54, 1.807) is 46.6 Å². The van der Waals surface area contributed by atoms with Crippen molar-refractivity contribution in [2.45, 2.75) is 53.1 Å². The molecule has 0 aromatic heterocycles. The lowest BCUT2D eigenvalue weighted by molar-refractivity contribution is -0.139. The number of nitrogens with one attached hydrogen (secondary N) is 1. The van der Waals surface area contributed by atoms with Crippen molar-refractivity contribution in [1.82, 2.24) is 10.2 Å². The molecule has 0 aliphatic rings. The lowest BCUT2D eigenvalue weighted by atomic mass is 9.74. The van der Waals surface area contributed by atoms with Gasteiger partial charge in [-0.25, -0.2) is 0 Å². The van der Waals surface area contributed by atoms with Gasteiger partial charge in [0.15, 0.2) is 0 Å². The number of hydrogen-bond acceptors (Lipinski definition) is 3. The first-order valence-electron chi connectivity index (χ1n) is 6.30. The molecule has 3 N–H and O–H groups in total. The van der Waals surface area contributed by atoms with E-state index in [2.05, 4.69) is 5.32 Å². The molecular formula is C13H27N3O2. The molecule has 106 valence electrons. The Balaban J connectivity index is 4.73. The van der Waals surface area contributed by atoms with Gasteiger partial charge in [0.2, 0.25) is 11.8 Å². The number of carbonyl (C=O) groups excluding carboxylic acids is 2. The SMILES string of the molecule is CCN(C)C(=O)C(C)NC(=O)C(C)(C)C(C)(C)N. The first-order chi connectivity index (χ1) is 7.95. The van der Waals surface area contributed by atoms with Crippen LogP contribution >= 0.6 is 0 Å². The van der Waals surface area contributed by atoms with Crippen LogP contribution in [0.2, 0.25) is 0 Å². The zero-order chi connectivity index (χ0) is 14.7. The van der Waals surface area contributed by atoms with Crippen LogP contribution in [-0.4, -0.2) is 41.9 Å². The Hall–Kier alpha value is -1.10. The first-order valence-corrected chi connectivity index (χ1v) is 6.30. The Labute approximate surface area is 110 Å². The van der Waals surface area contributed by atoms with Crippen LogP contribution in [0.5, 0.6) is 0 Å². The molecule has 0 aliphatic carbocycles. The zero-order valence-electron chi connectivity index (χ0n) is 12.6. The van der Waals surface area contributed by atoms with Gasteiger partial charge in [0.1, 0.15) is 6.04 Å². The first kappa shape index (κ1) is 16.9. The summed E-state index contributed by atoms with van der Waals surface area (Å²) < 4.78 is 0. The maximum atomic E-state index is 12.2. The van der Waals surface area contributed by atoms with E-state index in [4.69, 9.17) is 5.73 Å². The van der Waals surface area contributed by atoms with E-state index in [0.29, 0.717) is 6.54 Å². The second-order valence-corrected chi connectivity index (χ2v) is 5.89. The van der Waals surface area contributed by atoms with Crippen molar-refractivity contribution in [2.24, 2.45) is 11.1 Å². The second kappa shape index (κ2) is 5.69. The predicted molar refractivity (Wildman–Crippen MR) is 73.0 cm³/mol. The van der Waals surface area contributed by atoms with Gasteiger partial charge in [-0.1, -0.05) is 0 Å². The maximum absolute atomic E-state index is 12.2. The minimum Gasteiger partial charge on any atom is -0.344 e. The minimum atomic E-state index is -0.744. The highest BCUT2D eigenvalue weighted by Crippen LogP contribution is 2.28. The Morgan fingerprint density at radius 2 is 1.72 bits per heavy atom. The van der Waals surface area contributed by atoms with Crippen LogP contribution in [0.1, 0.15) is 41.5 Å². The number of hydrogen-bond donors (Lipinski definition) is 2. The highest BCUT2D eigenvalue weighted by Gasteiger charge is 2.41. The van der Waals surface area contributed by atoms with Gasteiger partial charge in [0, 0.05) is 19.1 Å². The fourth-order valence-corrected chi connectivity index (χ4v) is 1.22. The van der Waals surface area contributed by atoms with E-state index in [-0.39, 0.29) is 11.8 Å². The third-order valence-corrected chi connectivity index (χ3v) is 3.75. The van der Waals surface area contributed by atoms with Crippen molar-refractivity contribution in [3.8, 4) is 0 Å². The molecule has 0 aliphatic heterocycles. The molecular weight excluding hydrogens is 230 g/mol. The van der Waals surface area contributed by atoms with Gasteiger partial charge in [0.25, 0.3) is 0 Å². The highest BCUT2D eigenvalue weighted by atomic mass is 16.2.